The van der Waals surface area contributed by atoms with Crippen LogP contribution in [-0.2, 0) is 6.54 Å². The molecule has 0 aliphatic heterocycles. The molecular weight excluding hydrogens is 258 g/mol. The van der Waals surface area contributed by atoms with Gasteiger partial charge in [0.25, 0.3) is 0 Å². The lowest BCUT2D eigenvalue weighted by Crippen LogP contribution is -2.17. The number of thiophene rings is 1. The van der Waals surface area contributed by atoms with Gasteiger partial charge in [-0.3, -0.25) is 0 Å². The third-order valence-corrected chi connectivity index (χ3v) is 3.96. The van der Waals surface area contributed by atoms with E-state index in [1.54, 1.807) is 11.4 Å². The molecule has 2 rings (SSSR count). The standard InChI is InChI=1S/C15H17NO2S/c1-10-4-3-5-12(6-10)11(2)16-8-14-7-13(9-19-14)15(17)18/h3-7,9,11,16H,8H2,1-2H3,(H,17,18)/t11-/m0/s1. The number of benzene rings is 1. The molecule has 1 aromatic heterocycles. The van der Waals surface area contributed by atoms with Crippen molar-refractivity contribution in [1.82, 2.24) is 5.32 Å². The van der Waals surface area contributed by atoms with E-state index in [0.29, 0.717) is 12.1 Å². The van der Waals surface area contributed by atoms with E-state index < -0.39 is 5.97 Å². The molecule has 2 N–H and O–H groups in total. The van der Waals surface area contributed by atoms with Crippen molar-refractivity contribution in [2.24, 2.45) is 0 Å². The lowest BCUT2D eigenvalue weighted by Gasteiger charge is -2.14. The Balaban J connectivity index is 1.96. The minimum absolute atomic E-state index is 0.246. The van der Waals surface area contributed by atoms with Crippen molar-refractivity contribution in [3.63, 3.8) is 0 Å². The molecule has 0 spiro atoms. The van der Waals surface area contributed by atoms with Crippen LogP contribution >= 0.6 is 11.3 Å². The van der Waals surface area contributed by atoms with E-state index >= 15 is 0 Å². The van der Waals surface area contributed by atoms with E-state index in [0.717, 1.165) is 4.88 Å². The fraction of sp³-hybridized carbons (Fsp3) is 0.267. The Labute approximate surface area is 116 Å². The summed E-state index contributed by atoms with van der Waals surface area (Å²) in [7, 11) is 0. The van der Waals surface area contributed by atoms with Gasteiger partial charge >= 0.3 is 5.97 Å². The number of carboxylic acid groups (broad SMARTS) is 1. The van der Waals surface area contributed by atoms with Gasteiger partial charge in [0.15, 0.2) is 0 Å². The zero-order valence-electron chi connectivity index (χ0n) is 11.0. The summed E-state index contributed by atoms with van der Waals surface area (Å²) in [6, 6.07) is 10.4. The minimum Gasteiger partial charge on any atom is -0.478 e. The third-order valence-electron chi connectivity index (χ3n) is 3.03. The summed E-state index contributed by atoms with van der Waals surface area (Å²) in [6.45, 7) is 4.88. The SMILES string of the molecule is Cc1cccc([C@H](C)NCc2cc(C(=O)O)cs2)c1. The highest BCUT2D eigenvalue weighted by molar-refractivity contribution is 7.10. The molecule has 0 aliphatic carbocycles. The highest BCUT2D eigenvalue weighted by Crippen LogP contribution is 2.18. The van der Waals surface area contributed by atoms with E-state index in [4.69, 9.17) is 5.11 Å². The average molecular weight is 275 g/mol. The van der Waals surface area contributed by atoms with Crippen LogP contribution in [-0.4, -0.2) is 11.1 Å². The molecule has 19 heavy (non-hydrogen) atoms. The van der Waals surface area contributed by atoms with Gasteiger partial charge in [-0.05, 0) is 25.5 Å². The second-order valence-corrected chi connectivity index (χ2v) is 5.62. The molecule has 1 aromatic carbocycles. The molecule has 100 valence electrons. The number of nitrogens with one attached hydrogen (secondary N) is 1. The summed E-state index contributed by atoms with van der Waals surface area (Å²) in [5.74, 6) is -0.866. The Morgan fingerprint density at radius 3 is 2.84 bits per heavy atom. The summed E-state index contributed by atoms with van der Waals surface area (Å²) in [5, 5.41) is 14.0. The number of rotatable bonds is 5. The van der Waals surface area contributed by atoms with Crippen LogP contribution in [0.25, 0.3) is 0 Å². The van der Waals surface area contributed by atoms with Gasteiger partial charge in [0.05, 0.1) is 5.56 Å². The lowest BCUT2D eigenvalue weighted by atomic mass is 10.1. The zero-order valence-corrected chi connectivity index (χ0v) is 11.8. The Kier molecular flexibility index (Phi) is 4.35. The van der Waals surface area contributed by atoms with Gasteiger partial charge in [0, 0.05) is 22.8 Å². The monoisotopic (exact) mass is 275 g/mol. The molecule has 4 heteroatoms. The van der Waals surface area contributed by atoms with Crippen LogP contribution in [0.5, 0.6) is 0 Å². The molecule has 0 amide bonds. The number of carboxylic acids is 1. The van der Waals surface area contributed by atoms with Crippen molar-refractivity contribution in [2.75, 3.05) is 0 Å². The summed E-state index contributed by atoms with van der Waals surface area (Å²) >= 11 is 1.47. The van der Waals surface area contributed by atoms with Gasteiger partial charge in [-0.2, -0.15) is 0 Å². The van der Waals surface area contributed by atoms with Crippen LogP contribution < -0.4 is 5.32 Å². The van der Waals surface area contributed by atoms with E-state index in [1.165, 1.54) is 22.5 Å². The minimum atomic E-state index is -0.866. The summed E-state index contributed by atoms with van der Waals surface area (Å²) in [4.78, 5) is 11.8. The quantitative estimate of drug-likeness (QED) is 0.876. The second-order valence-electron chi connectivity index (χ2n) is 4.62. The van der Waals surface area contributed by atoms with Crippen molar-refractivity contribution >= 4 is 17.3 Å². The third kappa shape index (κ3) is 3.66. The smallest absolute Gasteiger partial charge is 0.336 e. The largest absolute Gasteiger partial charge is 0.478 e. The molecule has 1 atom stereocenters. The van der Waals surface area contributed by atoms with E-state index in [2.05, 4.69) is 43.4 Å². The second kappa shape index (κ2) is 5.99. The maximum absolute atomic E-state index is 10.8. The summed E-state index contributed by atoms with van der Waals surface area (Å²) in [6.07, 6.45) is 0. The maximum Gasteiger partial charge on any atom is 0.336 e. The highest BCUT2D eigenvalue weighted by Gasteiger charge is 2.08. The van der Waals surface area contributed by atoms with Gasteiger partial charge in [0.1, 0.15) is 0 Å². The fourth-order valence-electron chi connectivity index (χ4n) is 1.90. The van der Waals surface area contributed by atoms with Crippen LogP contribution in [0.2, 0.25) is 0 Å². The maximum atomic E-state index is 10.8. The molecule has 0 radical (unpaired) electrons. The van der Waals surface area contributed by atoms with Crippen LogP contribution in [0.3, 0.4) is 0 Å². The zero-order chi connectivity index (χ0) is 13.8. The van der Waals surface area contributed by atoms with Crippen LogP contribution in [0, 0.1) is 6.92 Å². The molecule has 0 bridgehead atoms. The molecule has 0 fully saturated rings. The summed E-state index contributed by atoms with van der Waals surface area (Å²) < 4.78 is 0. The molecule has 1 heterocycles. The van der Waals surface area contributed by atoms with E-state index in [9.17, 15) is 4.79 Å². The van der Waals surface area contributed by atoms with Crippen molar-refractivity contribution < 1.29 is 9.90 Å². The Morgan fingerprint density at radius 1 is 1.42 bits per heavy atom. The van der Waals surface area contributed by atoms with Crippen LogP contribution in [0.1, 0.15) is 39.3 Å². The van der Waals surface area contributed by atoms with E-state index in [-0.39, 0.29) is 6.04 Å². The number of carbonyl (C=O) groups is 1. The van der Waals surface area contributed by atoms with Crippen molar-refractivity contribution in [3.8, 4) is 0 Å². The Morgan fingerprint density at radius 2 is 2.21 bits per heavy atom. The Bertz CT molecular complexity index is 577. The molecule has 0 saturated carbocycles. The molecule has 3 nitrogen and oxygen atoms in total. The molecule has 2 aromatic rings. The normalized spacial score (nSPS) is 12.3. The first kappa shape index (κ1) is 13.8. The van der Waals surface area contributed by atoms with Crippen LogP contribution in [0.15, 0.2) is 35.7 Å². The first-order valence-corrected chi connectivity index (χ1v) is 7.05. The highest BCUT2D eigenvalue weighted by atomic mass is 32.1. The molecule has 0 saturated heterocycles. The first-order chi connectivity index (χ1) is 9.06. The van der Waals surface area contributed by atoms with Crippen molar-refractivity contribution in [1.29, 1.82) is 0 Å². The van der Waals surface area contributed by atoms with Crippen molar-refractivity contribution in [3.05, 3.63) is 57.3 Å². The van der Waals surface area contributed by atoms with Crippen molar-refractivity contribution in [2.45, 2.75) is 26.4 Å². The van der Waals surface area contributed by atoms with Gasteiger partial charge in [-0.25, -0.2) is 4.79 Å². The number of aryl methyl sites for hydroxylation is 1. The predicted octanol–water partition coefficient (Wildman–Crippen LogP) is 3.61. The topological polar surface area (TPSA) is 49.3 Å². The summed E-state index contributed by atoms with van der Waals surface area (Å²) in [5.41, 5.74) is 2.86. The Hall–Kier alpha value is -1.65. The van der Waals surface area contributed by atoms with Gasteiger partial charge in [0.2, 0.25) is 0 Å². The van der Waals surface area contributed by atoms with Gasteiger partial charge in [-0.1, -0.05) is 29.8 Å². The van der Waals surface area contributed by atoms with Gasteiger partial charge < -0.3 is 10.4 Å². The number of aromatic carboxylic acids is 1. The number of hydrogen-bond acceptors (Lipinski definition) is 3. The lowest BCUT2D eigenvalue weighted by molar-refractivity contribution is 0.0697. The fourth-order valence-corrected chi connectivity index (χ4v) is 2.71. The van der Waals surface area contributed by atoms with E-state index in [1.807, 2.05) is 0 Å². The van der Waals surface area contributed by atoms with Crippen LogP contribution in [0.4, 0.5) is 0 Å². The molecule has 0 unspecified atom stereocenters. The average Bonchev–Trinajstić information content (AvgIpc) is 2.85. The molecular formula is C15H17NO2S. The molecule has 0 aliphatic rings. The predicted molar refractivity (Wildman–Crippen MR) is 77.7 cm³/mol. The van der Waals surface area contributed by atoms with Gasteiger partial charge in [-0.15, -0.1) is 11.3 Å². The first-order valence-electron chi connectivity index (χ1n) is 6.17. The number of hydrogen-bond donors (Lipinski definition) is 2.